The Kier molecular flexibility index (Phi) is 4.71. The fourth-order valence-electron chi connectivity index (χ4n) is 2.36. The van der Waals surface area contributed by atoms with Gasteiger partial charge in [0.05, 0.1) is 5.71 Å². The number of nitrogens with one attached hydrogen (secondary N) is 1. The van der Waals surface area contributed by atoms with Crippen molar-refractivity contribution in [1.29, 1.82) is 0 Å². The highest BCUT2D eigenvalue weighted by atomic mass is 35.5. The molecule has 0 aromatic heterocycles. The molecule has 0 aliphatic carbocycles. The van der Waals surface area contributed by atoms with Crippen LogP contribution in [0.3, 0.4) is 0 Å². The minimum Gasteiger partial charge on any atom is -0.390 e. The SMILES string of the molecule is Fc1ccc(C2=NO[C@H](CNCc3ccccc3Cl)C2)cc1. The van der Waals surface area contributed by atoms with Crippen LogP contribution in [0.1, 0.15) is 17.5 Å². The van der Waals surface area contributed by atoms with Crippen LogP contribution in [0.4, 0.5) is 4.39 Å². The van der Waals surface area contributed by atoms with E-state index in [9.17, 15) is 4.39 Å². The Morgan fingerprint density at radius 3 is 2.73 bits per heavy atom. The lowest BCUT2D eigenvalue weighted by atomic mass is 10.1. The van der Waals surface area contributed by atoms with Crippen molar-refractivity contribution < 1.29 is 9.23 Å². The van der Waals surface area contributed by atoms with E-state index in [0.717, 1.165) is 21.9 Å². The van der Waals surface area contributed by atoms with Crippen molar-refractivity contribution >= 4 is 17.3 Å². The van der Waals surface area contributed by atoms with E-state index in [4.69, 9.17) is 16.4 Å². The fraction of sp³-hybridized carbons (Fsp3) is 0.235. The molecule has 3 nitrogen and oxygen atoms in total. The number of halogens is 2. The first-order valence-electron chi connectivity index (χ1n) is 7.15. The number of oxime groups is 1. The van der Waals surface area contributed by atoms with E-state index >= 15 is 0 Å². The molecule has 0 bridgehead atoms. The van der Waals surface area contributed by atoms with E-state index in [-0.39, 0.29) is 11.9 Å². The molecule has 0 unspecified atom stereocenters. The van der Waals surface area contributed by atoms with Crippen molar-refractivity contribution in [1.82, 2.24) is 5.32 Å². The number of rotatable bonds is 5. The maximum Gasteiger partial charge on any atom is 0.145 e. The molecule has 0 fully saturated rings. The van der Waals surface area contributed by atoms with Crippen molar-refractivity contribution in [2.75, 3.05) is 6.54 Å². The molecule has 0 saturated heterocycles. The Morgan fingerprint density at radius 1 is 1.18 bits per heavy atom. The average Bonchev–Trinajstić information content (AvgIpc) is 2.99. The Bertz CT molecular complexity index is 673. The van der Waals surface area contributed by atoms with Gasteiger partial charge in [0.15, 0.2) is 0 Å². The van der Waals surface area contributed by atoms with Crippen LogP contribution in [0.15, 0.2) is 53.7 Å². The van der Waals surface area contributed by atoms with Gasteiger partial charge < -0.3 is 10.2 Å². The van der Waals surface area contributed by atoms with Crippen LogP contribution < -0.4 is 5.32 Å². The highest BCUT2D eigenvalue weighted by molar-refractivity contribution is 6.31. The summed E-state index contributed by atoms with van der Waals surface area (Å²) in [5, 5.41) is 8.17. The standard InChI is InChI=1S/C17H16ClFN2O/c18-16-4-2-1-3-13(16)10-20-11-15-9-17(21-22-15)12-5-7-14(19)8-6-12/h1-8,15,20H,9-11H2/t15-/m0/s1. The summed E-state index contributed by atoms with van der Waals surface area (Å²) in [5.41, 5.74) is 2.81. The fourth-order valence-corrected chi connectivity index (χ4v) is 2.56. The van der Waals surface area contributed by atoms with Gasteiger partial charge in [-0.15, -0.1) is 0 Å². The summed E-state index contributed by atoms with van der Waals surface area (Å²) < 4.78 is 12.9. The molecule has 1 heterocycles. The number of hydrogen-bond acceptors (Lipinski definition) is 3. The predicted molar refractivity (Wildman–Crippen MR) is 85.6 cm³/mol. The van der Waals surface area contributed by atoms with Gasteiger partial charge in [-0.3, -0.25) is 0 Å². The monoisotopic (exact) mass is 318 g/mol. The highest BCUT2D eigenvalue weighted by Gasteiger charge is 2.21. The summed E-state index contributed by atoms with van der Waals surface area (Å²) in [4.78, 5) is 5.42. The van der Waals surface area contributed by atoms with E-state index in [0.29, 0.717) is 19.5 Å². The summed E-state index contributed by atoms with van der Waals surface area (Å²) in [7, 11) is 0. The van der Waals surface area contributed by atoms with E-state index in [1.165, 1.54) is 12.1 Å². The van der Waals surface area contributed by atoms with Gasteiger partial charge in [0.2, 0.25) is 0 Å². The van der Waals surface area contributed by atoms with E-state index in [2.05, 4.69) is 10.5 Å². The van der Waals surface area contributed by atoms with Crippen molar-refractivity contribution in [3.8, 4) is 0 Å². The van der Waals surface area contributed by atoms with Gasteiger partial charge in [-0.2, -0.15) is 0 Å². The van der Waals surface area contributed by atoms with Crippen LogP contribution in [0.25, 0.3) is 0 Å². The van der Waals surface area contributed by atoms with Crippen LogP contribution in [-0.4, -0.2) is 18.4 Å². The van der Waals surface area contributed by atoms with Gasteiger partial charge in [-0.05, 0) is 29.3 Å². The summed E-state index contributed by atoms with van der Waals surface area (Å²) in [6.07, 6.45) is 0.698. The lowest BCUT2D eigenvalue weighted by Crippen LogP contribution is -2.26. The average molecular weight is 319 g/mol. The maximum absolute atomic E-state index is 12.9. The quantitative estimate of drug-likeness (QED) is 0.910. The molecule has 1 N–H and O–H groups in total. The first kappa shape index (κ1) is 15.0. The van der Waals surface area contributed by atoms with Crippen LogP contribution >= 0.6 is 11.6 Å². The third-order valence-electron chi connectivity index (χ3n) is 3.56. The van der Waals surface area contributed by atoms with E-state index in [1.54, 1.807) is 12.1 Å². The normalized spacial score (nSPS) is 17.2. The molecule has 3 rings (SSSR count). The Labute approximate surface area is 133 Å². The third kappa shape index (κ3) is 3.64. The first-order chi connectivity index (χ1) is 10.7. The number of hydrogen-bond donors (Lipinski definition) is 1. The van der Waals surface area contributed by atoms with Gasteiger partial charge in [-0.1, -0.05) is 47.1 Å². The number of benzene rings is 2. The van der Waals surface area contributed by atoms with Gasteiger partial charge in [-0.25, -0.2) is 4.39 Å². The second-order valence-electron chi connectivity index (χ2n) is 5.20. The highest BCUT2D eigenvalue weighted by Crippen LogP contribution is 2.18. The molecule has 1 atom stereocenters. The lowest BCUT2D eigenvalue weighted by molar-refractivity contribution is 0.0848. The smallest absolute Gasteiger partial charge is 0.145 e. The molecule has 114 valence electrons. The Morgan fingerprint density at radius 2 is 1.95 bits per heavy atom. The summed E-state index contributed by atoms with van der Waals surface area (Å²) >= 11 is 6.11. The van der Waals surface area contributed by atoms with Crippen molar-refractivity contribution in [3.63, 3.8) is 0 Å². The topological polar surface area (TPSA) is 33.6 Å². The maximum atomic E-state index is 12.9. The molecule has 22 heavy (non-hydrogen) atoms. The van der Waals surface area contributed by atoms with E-state index < -0.39 is 0 Å². The Balaban J connectivity index is 1.48. The molecule has 5 heteroatoms. The second kappa shape index (κ2) is 6.90. The predicted octanol–water partition coefficient (Wildman–Crippen LogP) is 3.76. The molecule has 1 aliphatic rings. The molecule has 0 radical (unpaired) electrons. The molecule has 0 saturated carbocycles. The molecular formula is C17H16ClFN2O. The minimum atomic E-state index is -0.249. The second-order valence-corrected chi connectivity index (χ2v) is 5.61. The van der Waals surface area contributed by atoms with Crippen molar-refractivity contribution in [2.45, 2.75) is 19.1 Å². The van der Waals surface area contributed by atoms with Crippen molar-refractivity contribution in [2.24, 2.45) is 5.16 Å². The van der Waals surface area contributed by atoms with Gasteiger partial charge in [0, 0.05) is 24.5 Å². The van der Waals surface area contributed by atoms with Gasteiger partial charge in [0.1, 0.15) is 11.9 Å². The van der Waals surface area contributed by atoms with Crippen LogP contribution in [0.2, 0.25) is 5.02 Å². The molecule has 2 aromatic rings. The lowest BCUT2D eigenvalue weighted by Gasteiger charge is -2.10. The van der Waals surface area contributed by atoms with Crippen LogP contribution in [-0.2, 0) is 11.4 Å². The molecular weight excluding hydrogens is 303 g/mol. The van der Waals surface area contributed by atoms with Crippen molar-refractivity contribution in [3.05, 3.63) is 70.5 Å². The van der Waals surface area contributed by atoms with Gasteiger partial charge in [0.25, 0.3) is 0 Å². The first-order valence-corrected chi connectivity index (χ1v) is 7.53. The minimum absolute atomic E-state index is 0.0115. The number of nitrogens with zero attached hydrogens (tertiary/aromatic N) is 1. The largest absolute Gasteiger partial charge is 0.390 e. The molecule has 1 aliphatic heterocycles. The zero-order chi connectivity index (χ0) is 15.4. The summed E-state index contributed by atoms with van der Waals surface area (Å²) in [6.45, 7) is 1.37. The third-order valence-corrected chi connectivity index (χ3v) is 3.92. The van der Waals surface area contributed by atoms with Crippen LogP contribution in [0, 0.1) is 5.82 Å². The summed E-state index contributed by atoms with van der Waals surface area (Å²) in [6, 6.07) is 14.0. The zero-order valence-corrected chi connectivity index (χ0v) is 12.7. The Hall–Kier alpha value is -1.91. The van der Waals surface area contributed by atoms with Crippen LogP contribution in [0.5, 0.6) is 0 Å². The molecule has 2 aromatic carbocycles. The summed E-state index contributed by atoms with van der Waals surface area (Å²) in [5.74, 6) is -0.249. The molecule has 0 spiro atoms. The van der Waals surface area contributed by atoms with Gasteiger partial charge >= 0.3 is 0 Å². The van der Waals surface area contributed by atoms with E-state index in [1.807, 2.05) is 24.3 Å². The molecule has 0 amide bonds. The zero-order valence-electron chi connectivity index (χ0n) is 11.9.